The first-order valence-electron chi connectivity index (χ1n) is 16.1. The van der Waals surface area contributed by atoms with Crippen LogP contribution in [0.4, 0.5) is 0 Å². The van der Waals surface area contributed by atoms with Crippen molar-refractivity contribution in [3.63, 3.8) is 0 Å². The fourth-order valence-corrected chi connectivity index (χ4v) is 9.28. The molecule has 3 saturated heterocycles. The van der Waals surface area contributed by atoms with Crippen LogP contribution in [0.15, 0.2) is 47.6 Å². The van der Waals surface area contributed by atoms with Crippen LogP contribution in [-0.4, -0.2) is 70.5 Å². The Hall–Kier alpha value is -2.26. The minimum atomic E-state index is -0.769. The first-order valence-corrected chi connectivity index (χ1v) is 16.1. The molecule has 8 bridgehead atoms. The number of carboxylic acid groups (broad SMARTS) is 2. The summed E-state index contributed by atoms with van der Waals surface area (Å²) in [4.78, 5) is 23.2. The number of hydrogen-bond donors (Lipinski definition) is 6. The topological polar surface area (TPSA) is 123 Å². The van der Waals surface area contributed by atoms with E-state index < -0.39 is 11.9 Å². The normalized spacial score (nSPS) is 41.8. The minimum Gasteiger partial charge on any atom is -0.481 e. The Morgan fingerprint density at radius 3 is 2.00 bits per heavy atom. The number of hydrogen-bond acceptors (Lipinski definition) is 6. The zero-order valence-corrected chi connectivity index (χ0v) is 25.9. The van der Waals surface area contributed by atoms with Gasteiger partial charge in [0.05, 0.1) is 0 Å². The third-order valence-electron chi connectivity index (χ3n) is 11.7. The predicted molar refractivity (Wildman–Crippen MR) is 166 cm³/mol. The Kier molecular flexibility index (Phi) is 9.48. The Morgan fingerprint density at radius 1 is 0.762 bits per heavy atom. The zero-order chi connectivity index (χ0) is 30.3. The summed E-state index contributed by atoms with van der Waals surface area (Å²) in [5.74, 6) is -0.128. The molecule has 12 atom stereocenters. The summed E-state index contributed by atoms with van der Waals surface area (Å²) >= 11 is 0. The molecule has 8 nitrogen and oxygen atoms in total. The van der Waals surface area contributed by atoms with Gasteiger partial charge in [0.2, 0.25) is 0 Å². The molecule has 5 aliphatic heterocycles. The molecular weight excluding hydrogens is 528 g/mol. The van der Waals surface area contributed by atoms with Crippen LogP contribution in [0.3, 0.4) is 0 Å². The lowest BCUT2D eigenvalue weighted by Gasteiger charge is -2.27. The summed E-state index contributed by atoms with van der Waals surface area (Å²) in [7, 11) is 0. The largest absolute Gasteiger partial charge is 0.481 e. The van der Waals surface area contributed by atoms with Gasteiger partial charge in [-0.25, -0.2) is 0 Å². The Morgan fingerprint density at radius 2 is 1.33 bits per heavy atom. The minimum absolute atomic E-state index is 0.0839. The van der Waals surface area contributed by atoms with E-state index in [0.717, 1.165) is 25.7 Å². The van der Waals surface area contributed by atoms with Gasteiger partial charge in [0.25, 0.3) is 0 Å². The highest BCUT2D eigenvalue weighted by Gasteiger charge is 2.47. The van der Waals surface area contributed by atoms with Crippen molar-refractivity contribution in [2.45, 2.75) is 127 Å². The highest BCUT2D eigenvalue weighted by atomic mass is 16.4. The maximum Gasteiger partial charge on any atom is 0.303 e. The summed E-state index contributed by atoms with van der Waals surface area (Å²) in [6, 6.07) is 1.82. The van der Waals surface area contributed by atoms with E-state index in [2.05, 4.69) is 68.2 Å². The number of fused-ring (bicyclic) bond motifs is 8. The summed E-state index contributed by atoms with van der Waals surface area (Å²) in [5.41, 5.74) is 5.21. The molecule has 5 heterocycles. The van der Waals surface area contributed by atoms with E-state index in [1.807, 2.05) is 6.08 Å². The monoisotopic (exact) mass is 580 g/mol. The maximum absolute atomic E-state index is 11.6. The number of carboxylic acids is 2. The molecule has 0 saturated carbocycles. The Labute approximate surface area is 251 Å². The third-order valence-corrected chi connectivity index (χ3v) is 11.7. The van der Waals surface area contributed by atoms with Crippen molar-refractivity contribution in [1.82, 2.24) is 21.3 Å². The van der Waals surface area contributed by atoms with E-state index in [4.69, 9.17) is 0 Å². The van der Waals surface area contributed by atoms with E-state index in [1.54, 1.807) is 0 Å². The molecule has 0 aliphatic carbocycles. The quantitative estimate of drug-likeness (QED) is 0.237. The molecule has 42 heavy (non-hydrogen) atoms. The van der Waals surface area contributed by atoms with E-state index in [1.165, 1.54) is 22.3 Å². The van der Waals surface area contributed by atoms with Gasteiger partial charge in [-0.15, -0.1) is 6.58 Å². The average molecular weight is 581 g/mol. The molecule has 8 heteroatoms. The third kappa shape index (κ3) is 6.05. The summed E-state index contributed by atoms with van der Waals surface area (Å²) in [6.07, 6.45) is 9.37. The number of carbonyl (C=O) groups is 2. The molecule has 0 aromatic rings. The van der Waals surface area contributed by atoms with Crippen molar-refractivity contribution in [1.29, 1.82) is 0 Å². The molecular formula is C34H52N4O4. The van der Waals surface area contributed by atoms with E-state index in [0.29, 0.717) is 42.7 Å². The molecule has 5 rings (SSSR count). The molecule has 0 radical (unpaired) electrons. The van der Waals surface area contributed by atoms with Gasteiger partial charge in [0.15, 0.2) is 0 Å². The molecule has 12 unspecified atom stereocenters. The van der Waals surface area contributed by atoms with Crippen molar-refractivity contribution in [3.05, 3.63) is 47.6 Å². The van der Waals surface area contributed by atoms with Crippen molar-refractivity contribution in [3.8, 4) is 0 Å². The molecule has 0 aromatic heterocycles. The highest BCUT2D eigenvalue weighted by Crippen LogP contribution is 2.42. The lowest BCUT2D eigenvalue weighted by molar-refractivity contribution is -0.138. The fourth-order valence-electron chi connectivity index (χ4n) is 9.28. The van der Waals surface area contributed by atoms with Crippen molar-refractivity contribution < 1.29 is 19.8 Å². The van der Waals surface area contributed by atoms with Crippen LogP contribution >= 0.6 is 0 Å². The molecule has 3 fully saturated rings. The second-order valence-electron chi connectivity index (χ2n) is 13.8. The molecule has 0 spiro atoms. The van der Waals surface area contributed by atoms with Crippen molar-refractivity contribution in [2.24, 2.45) is 23.7 Å². The predicted octanol–water partition coefficient (Wildman–Crippen LogP) is 4.16. The summed E-state index contributed by atoms with van der Waals surface area (Å²) in [5, 5.41) is 35.0. The smallest absolute Gasteiger partial charge is 0.303 e. The van der Waals surface area contributed by atoms with Gasteiger partial charge in [-0.3, -0.25) is 9.59 Å². The van der Waals surface area contributed by atoms with E-state index >= 15 is 0 Å². The van der Waals surface area contributed by atoms with Crippen LogP contribution < -0.4 is 21.3 Å². The lowest BCUT2D eigenvalue weighted by Crippen LogP contribution is -2.46. The number of rotatable bonds is 8. The van der Waals surface area contributed by atoms with E-state index in [9.17, 15) is 19.8 Å². The van der Waals surface area contributed by atoms with Crippen LogP contribution in [0.1, 0.15) is 79.1 Å². The van der Waals surface area contributed by atoms with Gasteiger partial charge in [0, 0.05) is 61.2 Å². The zero-order valence-electron chi connectivity index (χ0n) is 25.9. The molecule has 232 valence electrons. The standard InChI is InChI=1S/C34H52N4O4/c1-7-21-17(3)25-13-26-19(5)23(9-11-33(39)40)31(37-26)16-32-24(10-12-34(41)42)20(6)28(38-32)15-30-22(8-2)18(4)27(36-30)14-29(21)35-25/h7-8,17,20-21,24-32,35-38H,1-2,9-16H2,3-6H3,(H,39,40)(H,41,42). The molecule has 5 aliphatic rings. The van der Waals surface area contributed by atoms with Crippen molar-refractivity contribution >= 4 is 11.9 Å². The second kappa shape index (κ2) is 12.8. The van der Waals surface area contributed by atoms with Crippen LogP contribution in [0.2, 0.25) is 0 Å². The molecule has 0 amide bonds. The van der Waals surface area contributed by atoms with Gasteiger partial charge < -0.3 is 31.5 Å². The highest BCUT2D eigenvalue weighted by molar-refractivity contribution is 5.67. The van der Waals surface area contributed by atoms with Crippen LogP contribution in [-0.2, 0) is 9.59 Å². The van der Waals surface area contributed by atoms with Gasteiger partial charge in [0.1, 0.15) is 0 Å². The van der Waals surface area contributed by atoms with Crippen LogP contribution in [0, 0.1) is 23.7 Å². The Balaban J connectivity index is 1.50. The summed E-state index contributed by atoms with van der Waals surface area (Å²) < 4.78 is 0. The second-order valence-corrected chi connectivity index (χ2v) is 13.8. The number of aliphatic carboxylic acids is 2. The first-order chi connectivity index (χ1) is 20.0. The van der Waals surface area contributed by atoms with Crippen LogP contribution in [0.5, 0.6) is 0 Å². The van der Waals surface area contributed by atoms with E-state index in [-0.39, 0.29) is 55.0 Å². The van der Waals surface area contributed by atoms with Crippen LogP contribution in [0.25, 0.3) is 0 Å². The SMILES string of the molecule is C=CC1=C(C)C2CC3NC(CC4NC(CC5NC(CC1N2)C(C)C5CCC(=O)O)C(CCC(=O)O)=C4C)C(C)C3C=C. The van der Waals surface area contributed by atoms with Gasteiger partial charge in [-0.1, -0.05) is 49.3 Å². The number of nitrogens with one attached hydrogen (secondary N) is 4. The Bertz CT molecular complexity index is 1150. The van der Waals surface area contributed by atoms with Gasteiger partial charge in [-0.2, -0.15) is 0 Å². The van der Waals surface area contributed by atoms with Gasteiger partial charge >= 0.3 is 11.9 Å². The lowest BCUT2D eigenvalue weighted by atomic mass is 9.80. The maximum atomic E-state index is 11.6. The average Bonchev–Trinajstić information content (AvgIpc) is 3.59. The molecule has 0 aromatic carbocycles. The summed E-state index contributed by atoms with van der Waals surface area (Å²) in [6.45, 7) is 17.5. The van der Waals surface area contributed by atoms with Gasteiger partial charge in [-0.05, 0) is 81.6 Å². The van der Waals surface area contributed by atoms with Crippen molar-refractivity contribution in [2.75, 3.05) is 0 Å². The fraction of sp³-hybridized carbons (Fsp3) is 0.706. The molecule has 6 N–H and O–H groups in total. The first kappa shape index (κ1) is 31.2.